The molecule has 5 nitrogen and oxygen atoms in total. The molecule has 0 aliphatic carbocycles. The number of aromatic nitrogens is 1. The third-order valence-corrected chi connectivity index (χ3v) is 2.46. The predicted molar refractivity (Wildman–Crippen MR) is 70.0 cm³/mol. The van der Waals surface area contributed by atoms with Crippen LogP contribution < -0.4 is 10.1 Å². The standard InChI is InChI=1S/C14H9F2N3O2/c15-14(16)21-11-3-1-2-10(6-11)13(20)19-12-5-4-9(7-17)8-18-12/h1-6,8,14H,(H,18,19,20). The molecule has 0 spiro atoms. The van der Waals surface area contributed by atoms with Gasteiger partial charge in [0.05, 0.1) is 5.56 Å². The lowest BCUT2D eigenvalue weighted by Crippen LogP contribution is -2.13. The van der Waals surface area contributed by atoms with Gasteiger partial charge in [0.25, 0.3) is 5.91 Å². The van der Waals surface area contributed by atoms with E-state index in [0.717, 1.165) is 0 Å². The lowest BCUT2D eigenvalue weighted by molar-refractivity contribution is -0.0498. The summed E-state index contributed by atoms with van der Waals surface area (Å²) in [6, 6.07) is 10.3. The van der Waals surface area contributed by atoms with Gasteiger partial charge in [-0.2, -0.15) is 14.0 Å². The summed E-state index contributed by atoms with van der Waals surface area (Å²) >= 11 is 0. The Morgan fingerprint density at radius 3 is 2.76 bits per heavy atom. The van der Waals surface area contributed by atoms with Crippen molar-refractivity contribution in [3.63, 3.8) is 0 Å². The molecule has 2 aromatic rings. The van der Waals surface area contributed by atoms with Gasteiger partial charge in [0, 0.05) is 11.8 Å². The van der Waals surface area contributed by atoms with Crippen molar-refractivity contribution >= 4 is 11.7 Å². The number of amides is 1. The molecule has 0 saturated carbocycles. The highest BCUT2D eigenvalue weighted by atomic mass is 19.3. The molecule has 0 radical (unpaired) electrons. The third kappa shape index (κ3) is 3.98. The Morgan fingerprint density at radius 1 is 1.33 bits per heavy atom. The number of halogens is 2. The molecule has 21 heavy (non-hydrogen) atoms. The second kappa shape index (κ2) is 6.43. The summed E-state index contributed by atoms with van der Waals surface area (Å²) in [7, 11) is 0. The number of hydrogen-bond donors (Lipinski definition) is 1. The third-order valence-electron chi connectivity index (χ3n) is 2.46. The molecule has 0 unspecified atom stereocenters. The molecule has 106 valence electrons. The Hall–Kier alpha value is -3.01. The molecule has 0 bridgehead atoms. The average Bonchev–Trinajstić information content (AvgIpc) is 2.47. The summed E-state index contributed by atoms with van der Waals surface area (Å²) in [5.41, 5.74) is 0.514. The molecule has 1 amide bonds. The summed E-state index contributed by atoms with van der Waals surface area (Å²) in [5, 5.41) is 11.1. The summed E-state index contributed by atoms with van der Waals surface area (Å²) in [6.07, 6.45) is 1.31. The van der Waals surface area contributed by atoms with Crippen LogP contribution in [0.3, 0.4) is 0 Å². The highest BCUT2D eigenvalue weighted by molar-refractivity contribution is 6.03. The largest absolute Gasteiger partial charge is 0.435 e. The average molecular weight is 289 g/mol. The van der Waals surface area contributed by atoms with Crippen LogP contribution >= 0.6 is 0 Å². The smallest absolute Gasteiger partial charge is 0.387 e. The summed E-state index contributed by atoms with van der Waals surface area (Å²) in [4.78, 5) is 15.8. The summed E-state index contributed by atoms with van der Waals surface area (Å²) in [5.74, 6) is -0.378. The van der Waals surface area contributed by atoms with Crippen LogP contribution in [0.4, 0.5) is 14.6 Å². The van der Waals surface area contributed by atoms with Crippen molar-refractivity contribution in [2.75, 3.05) is 5.32 Å². The second-order valence-corrected chi connectivity index (χ2v) is 3.90. The van der Waals surface area contributed by atoms with E-state index in [9.17, 15) is 13.6 Å². The van der Waals surface area contributed by atoms with Gasteiger partial charge >= 0.3 is 6.61 Å². The van der Waals surface area contributed by atoms with E-state index in [2.05, 4.69) is 15.0 Å². The van der Waals surface area contributed by atoms with Crippen molar-refractivity contribution in [2.45, 2.75) is 6.61 Å². The van der Waals surface area contributed by atoms with Crippen molar-refractivity contribution in [1.82, 2.24) is 4.98 Å². The minimum atomic E-state index is -2.96. The molecule has 0 aliphatic heterocycles. The highest BCUT2D eigenvalue weighted by Gasteiger charge is 2.10. The molecule has 1 N–H and O–H groups in total. The highest BCUT2D eigenvalue weighted by Crippen LogP contribution is 2.17. The van der Waals surface area contributed by atoms with Gasteiger partial charge in [-0.1, -0.05) is 6.07 Å². The van der Waals surface area contributed by atoms with Crippen molar-refractivity contribution in [2.24, 2.45) is 0 Å². The monoisotopic (exact) mass is 289 g/mol. The van der Waals surface area contributed by atoms with Gasteiger partial charge in [0.1, 0.15) is 17.6 Å². The van der Waals surface area contributed by atoms with Crippen molar-refractivity contribution in [1.29, 1.82) is 5.26 Å². The van der Waals surface area contributed by atoms with E-state index in [-0.39, 0.29) is 17.1 Å². The summed E-state index contributed by atoms with van der Waals surface area (Å²) in [6.45, 7) is -2.96. The van der Waals surface area contributed by atoms with Crippen LogP contribution in [0.25, 0.3) is 0 Å². The van der Waals surface area contributed by atoms with E-state index >= 15 is 0 Å². The van der Waals surface area contributed by atoms with Crippen molar-refractivity contribution < 1.29 is 18.3 Å². The Labute approximate surface area is 118 Å². The van der Waals surface area contributed by atoms with Crippen LogP contribution in [-0.2, 0) is 0 Å². The zero-order valence-electron chi connectivity index (χ0n) is 10.6. The van der Waals surface area contributed by atoms with E-state index < -0.39 is 12.5 Å². The maximum atomic E-state index is 12.1. The molecule has 0 saturated heterocycles. The Kier molecular flexibility index (Phi) is 4.41. The fraction of sp³-hybridized carbons (Fsp3) is 0.0714. The molecular weight excluding hydrogens is 280 g/mol. The fourth-order valence-electron chi connectivity index (χ4n) is 1.54. The molecule has 0 fully saturated rings. The Balaban J connectivity index is 2.10. The van der Waals surface area contributed by atoms with E-state index in [4.69, 9.17) is 5.26 Å². The first-order chi connectivity index (χ1) is 10.1. The molecule has 1 heterocycles. The number of pyridine rings is 1. The SMILES string of the molecule is N#Cc1ccc(NC(=O)c2cccc(OC(F)F)c2)nc1. The van der Waals surface area contributed by atoms with E-state index in [0.29, 0.717) is 5.56 Å². The Bertz CT molecular complexity index is 681. The second-order valence-electron chi connectivity index (χ2n) is 3.90. The van der Waals surface area contributed by atoms with Crippen LogP contribution in [0, 0.1) is 11.3 Å². The summed E-state index contributed by atoms with van der Waals surface area (Å²) < 4.78 is 28.4. The van der Waals surface area contributed by atoms with Gasteiger partial charge in [0.2, 0.25) is 0 Å². The number of carbonyl (C=O) groups excluding carboxylic acids is 1. The number of alkyl halides is 2. The lowest BCUT2D eigenvalue weighted by atomic mass is 10.2. The molecule has 1 aromatic carbocycles. The minimum Gasteiger partial charge on any atom is -0.435 e. The van der Waals surface area contributed by atoms with Gasteiger partial charge in [-0.15, -0.1) is 0 Å². The van der Waals surface area contributed by atoms with Crippen LogP contribution in [-0.4, -0.2) is 17.5 Å². The number of ether oxygens (including phenoxy) is 1. The molecule has 2 rings (SSSR count). The van der Waals surface area contributed by atoms with Crippen LogP contribution in [0.5, 0.6) is 5.75 Å². The van der Waals surface area contributed by atoms with E-state index in [1.807, 2.05) is 6.07 Å². The van der Waals surface area contributed by atoms with E-state index in [1.165, 1.54) is 42.6 Å². The molecular formula is C14H9F2N3O2. The first-order valence-electron chi connectivity index (χ1n) is 5.81. The molecule has 7 heteroatoms. The van der Waals surface area contributed by atoms with Crippen molar-refractivity contribution in [3.05, 3.63) is 53.7 Å². The molecule has 0 aliphatic rings. The predicted octanol–water partition coefficient (Wildman–Crippen LogP) is 2.81. The van der Waals surface area contributed by atoms with Gasteiger partial charge in [-0.25, -0.2) is 4.98 Å². The zero-order valence-corrected chi connectivity index (χ0v) is 10.6. The van der Waals surface area contributed by atoms with Crippen LogP contribution in [0.15, 0.2) is 42.6 Å². The quantitative estimate of drug-likeness (QED) is 0.939. The minimum absolute atomic E-state index is 0.106. The van der Waals surface area contributed by atoms with Crippen LogP contribution in [0.2, 0.25) is 0 Å². The number of hydrogen-bond acceptors (Lipinski definition) is 4. The Morgan fingerprint density at radius 2 is 2.14 bits per heavy atom. The first kappa shape index (κ1) is 14.4. The molecule has 1 aromatic heterocycles. The number of rotatable bonds is 4. The van der Waals surface area contributed by atoms with Gasteiger partial charge in [-0.05, 0) is 30.3 Å². The maximum Gasteiger partial charge on any atom is 0.387 e. The van der Waals surface area contributed by atoms with Gasteiger partial charge in [0.15, 0.2) is 0 Å². The topological polar surface area (TPSA) is 75.0 Å². The zero-order chi connectivity index (χ0) is 15.2. The van der Waals surface area contributed by atoms with E-state index in [1.54, 1.807) is 0 Å². The fourth-order valence-corrected chi connectivity index (χ4v) is 1.54. The number of nitrogens with one attached hydrogen (secondary N) is 1. The number of nitriles is 1. The number of carbonyl (C=O) groups is 1. The van der Waals surface area contributed by atoms with Gasteiger partial charge in [-0.3, -0.25) is 4.79 Å². The number of anilines is 1. The van der Waals surface area contributed by atoms with Crippen molar-refractivity contribution in [3.8, 4) is 11.8 Å². The van der Waals surface area contributed by atoms with Crippen LogP contribution in [0.1, 0.15) is 15.9 Å². The molecule has 0 atom stereocenters. The normalized spacial score (nSPS) is 10.0. The first-order valence-corrected chi connectivity index (χ1v) is 5.81. The lowest BCUT2D eigenvalue weighted by Gasteiger charge is -2.07. The maximum absolute atomic E-state index is 12.1. The number of benzene rings is 1. The van der Waals surface area contributed by atoms with Gasteiger partial charge < -0.3 is 10.1 Å². The number of nitrogens with zero attached hydrogens (tertiary/aromatic N) is 2.